The Labute approximate surface area is 67.6 Å². The Balaban J connectivity index is 2.40. The molecule has 0 radical (unpaired) electrons. The number of hydrogen-bond acceptors (Lipinski definition) is 3. The molecule has 1 aliphatic rings. The molecule has 1 rings (SSSR count). The first kappa shape index (κ1) is 8.51. The Morgan fingerprint density at radius 3 is 2.91 bits per heavy atom. The molecule has 1 saturated heterocycles. The highest BCUT2D eigenvalue weighted by Crippen LogP contribution is 2.15. The van der Waals surface area contributed by atoms with Gasteiger partial charge in [-0.2, -0.15) is 5.26 Å². The van der Waals surface area contributed by atoms with Gasteiger partial charge in [-0.25, -0.2) is 0 Å². The molecule has 62 valence electrons. The van der Waals surface area contributed by atoms with E-state index in [-0.39, 0.29) is 6.04 Å². The molecule has 1 heterocycles. The lowest BCUT2D eigenvalue weighted by Gasteiger charge is -2.16. The first-order valence-electron chi connectivity index (χ1n) is 4.18. The molecule has 3 nitrogen and oxygen atoms in total. The Hall–Kier alpha value is -0.590. The topological polar surface area (TPSA) is 61.8 Å². The molecule has 3 N–H and O–H groups in total. The summed E-state index contributed by atoms with van der Waals surface area (Å²) in [5.41, 5.74) is 5.87. The lowest BCUT2D eigenvalue weighted by atomic mass is 9.93. The van der Waals surface area contributed by atoms with E-state index in [1.54, 1.807) is 0 Å². The summed E-state index contributed by atoms with van der Waals surface area (Å²) in [5, 5.41) is 11.8. The number of rotatable bonds is 1. The fraction of sp³-hybridized carbons (Fsp3) is 0.875. The number of nitrogens with one attached hydrogen (secondary N) is 1. The Bertz CT molecular complexity index is 150. The van der Waals surface area contributed by atoms with E-state index in [0.29, 0.717) is 12.3 Å². The first-order valence-corrected chi connectivity index (χ1v) is 4.18. The standard InChI is InChI=1S/C8H15N3/c9-4-1-7-2-5-11-6-3-8(7)10/h7-8,11H,1-3,5-6,10H2/t7-,8-/m0/s1. The minimum atomic E-state index is 0.227. The van der Waals surface area contributed by atoms with Crippen LogP contribution in [0.2, 0.25) is 0 Å². The van der Waals surface area contributed by atoms with E-state index < -0.39 is 0 Å². The molecular weight excluding hydrogens is 138 g/mol. The molecule has 1 aliphatic heterocycles. The lowest BCUT2D eigenvalue weighted by molar-refractivity contribution is 0.415. The van der Waals surface area contributed by atoms with Crippen molar-refractivity contribution >= 4 is 0 Å². The van der Waals surface area contributed by atoms with Crippen molar-refractivity contribution in [3.63, 3.8) is 0 Å². The summed E-state index contributed by atoms with van der Waals surface area (Å²) in [7, 11) is 0. The normalized spacial score (nSPS) is 32.4. The highest BCUT2D eigenvalue weighted by molar-refractivity contribution is 4.85. The van der Waals surface area contributed by atoms with Gasteiger partial charge < -0.3 is 11.1 Å². The maximum Gasteiger partial charge on any atom is 0.0625 e. The third kappa shape index (κ3) is 2.49. The Morgan fingerprint density at radius 1 is 1.45 bits per heavy atom. The summed E-state index contributed by atoms with van der Waals surface area (Å²) in [6, 6.07) is 2.41. The molecule has 2 atom stereocenters. The second-order valence-corrected chi connectivity index (χ2v) is 3.11. The maximum absolute atomic E-state index is 8.50. The minimum absolute atomic E-state index is 0.227. The summed E-state index contributed by atoms with van der Waals surface area (Å²) in [6.45, 7) is 2.02. The zero-order chi connectivity index (χ0) is 8.10. The van der Waals surface area contributed by atoms with Crippen molar-refractivity contribution in [1.29, 1.82) is 5.26 Å². The van der Waals surface area contributed by atoms with Gasteiger partial charge in [0.2, 0.25) is 0 Å². The highest BCUT2D eigenvalue weighted by Gasteiger charge is 2.19. The van der Waals surface area contributed by atoms with E-state index in [1.807, 2.05) is 0 Å². The van der Waals surface area contributed by atoms with Gasteiger partial charge >= 0.3 is 0 Å². The van der Waals surface area contributed by atoms with E-state index in [9.17, 15) is 0 Å². The molecule has 0 aromatic carbocycles. The van der Waals surface area contributed by atoms with Gasteiger partial charge in [-0.1, -0.05) is 0 Å². The van der Waals surface area contributed by atoms with Gasteiger partial charge in [0.15, 0.2) is 0 Å². The smallest absolute Gasteiger partial charge is 0.0625 e. The van der Waals surface area contributed by atoms with Gasteiger partial charge in [0, 0.05) is 12.5 Å². The van der Waals surface area contributed by atoms with Crippen molar-refractivity contribution in [3.8, 4) is 6.07 Å². The molecule has 0 aromatic rings. The quantitative estimate of drug-likeness (QED) is 0.566. The zero-order valence-electron chi connectivity index (χ0n) is 6.71. The first-order chi connectivity index (χ1) is 5.34. The van der Waals surface area contributed by atoms with Gasteiger partial charge in [-0.3, -0.25) is 0 Å². The number of nitriles is 1. The predicted octanol–water partition coefficient (Wildman–Crippen LogP) is 0.227. The second-order valence-electron chi connectivity index (χ2n) is 3.11. The van der Waals surface area contributed by atoms with E-state index in [1.165, 1.54) is 0 Å². The third-order valence-corrected chi connectivity index (χ3v) is 2.31. The van der Waals surface area contributed by atoms with Crippen molar-refractivity contribution in [2.75, 3.05) is 13.1 Å². The van der Waals surface area contributed by atoms with Crippen LogP contribution >= 0.6 is 0 Å². The minimum Gasteiger partial charge on any atom is -0.327 e. The van der Waals surface area contributed by atoms with Gasteiger partial charge in [-0.05, 0) is 31.8 Å². The van der Waals surface area contributed by atoms with Crippen LogP contribution in [0.3, 0.4) is 0 Å². The van der Waals surface area contributed by atoms with Crippen LogP contribution in [0.25, 0.3) is 0 Å². The second kappa shape index (κ2) is 4.32. The van der Waals surface area contributed by atoms with Crippen LogP contribution < -0.4 is 11.1 Å². The van der Waals surface area contributed by atoms with Crippen molar-refractivity contribution < 1.29 is 0 Å². The molecule has 0 bridgehead atoms. The maximum atomic E-state index is 8.50. The summed E-state index contributed by atoms with van der Waals surface area (Å²) in [6.07, 6.45) is 2.67. The van der Waals surface area contributed by atoms with Crippen molar-refractivity contribution in [2.24, 2.45) is 11.7 Å². The average Bonchev–Trinajstić information content (AvgIpc) is 2.18. The SMILES string of the molecule is N#CC[C@H]1CCNCC[C@@H]1N. The molecule has 0 saturated carbocycles. The summed E-state index contributed by atoms with van der Waals surface area (Å²) in [4.78, 5) is 0. The van der Waals surface area contributed by atoms with Crippen LogP contribution in [0.5, 0.6) is 0 Å². The monoisotopic (exact) mass is 153 g/mol. The van der Waals surface area contributed by atoms with Gasteiger partial charge in [0.1, 0.15) is 0 Å². The van der Waals surface area contributed by atoms with E-state index in [2.05, 4.69) is 11.4 Å². The number of nitrogens with zero attached hydrogens (tertiary/aromatic N) is 1. The summed E-state index contributed by atoms with van der Waals surface area (Å²) in [5.74, 6) is 0.412. The number of nitrogens with two attached hydrogens (primary N) is 1. The van der Waals surface area contributed by atoms with Crippen molar-refractivity contribution in [1.82, 2.24) is 5.32 Å². The largest absolute Gasteiger partial charge is 0.327 e. The van der Waals surface area contributed by atoms with Gasteiger partial charge in [-0.15, -0.1) is 0 Å². The average molecular weight is 153 g/mol. The van der Waals surface area contributed by atoms with Crippen molar-refractivity contribution in [3.05, 3.63) is 0 Å². The molecule has 0 amide bonds. The van der Waals surface area contributed by atoms with E-state index in [4.69, 9.17) is 11.0 Å². The van der Waals surface area contributed by atoms with Crippen molar-refractivity contribution in [2.45, 2.75) is 25.3 Å². The molecule has 0 spiro atoms. The van der Waals surface area contributed by atoms with Crippen LogP contribution in [0.4, 0.5) is 0 Å². The molecule has 11 heavy (non-hydrogen) atoms. The van der Waals surface area contributed by atoms with Gasteiger partial charge in [0.05, 0.1) is 6.07 Å². The Kier molecular flexibility index (Phi) is 3.34. The fourth-order valence-electron chi connectivity index (χ4n) is 1.50. The zero-order valence-corrected chi connectivity index (χ0v) is 6.71. The molecule has 1 fully saturated rings. The number of hydrogen-bond donors (Lipinski definition) is 2. The van der Waals surface area contributed by atoms with Crippen LogP contribution in [-0.2, 0) is 0 Å². The highest BCUT2D eigenvalue weighted by atomic mass is 14.9. The predicted molar refractivity (Wildman–Crippen MR) is 43.8 cm³/mol. The van der Waals surface area contributed by atoms with Crippen LogP contribution in [0, 0.1) is 17.2 Å². The van der Waals surface area contributed by atoms with Crippen LogP contribution in [0.15, 0.2) is 0 Å². The van der Waals surface area contributed by atoms with Crippen LogP contribution in [0.1, 0.15) is 19.3 Å². The molecular formula is C8H15N3. The fourth-order valence-corrected chi connectivity index (χ4v) is 1.50. The summed E-state index contributed by atoms with van der Waals surface area (Å²) >= 11 is 0. The van der Waals surface area contributed by atoms with Crippen LogP contribution in [-0.4, -0.2) is 19.1 Å². The molecule has 0 aliphatic carbocycles. The molecule has 3 heteroatoms. The third-order valence-electron chi connectivity index (χ3n) is 2.31. The molecule has 0 unspecified atom stereocenters. The molecule has 0 aromatic heterocycles. The Morgan fingerprint density at radius 2 is 2.18 bits per heavy atom. The summed E-state index contributed by atoms with van der Waals surface area (Å²) < 4.78 is 0. The van der Waals surface area contributed by atoms with E-state index >= 15 is 0 Å². The van der Waals surface area contributed by atoms with E-state index in [0.717, 1.165) is 25.9 Å². The van der Waals surface area contributed by atoms with Gasteiger partial charge in [0.25, 0.3) is 0 Å². The lowest BCUT2D eigenvalue weighted by Crippen LogP contribution is -2.29.